The Bertz CT molecular complexity index is 447. The fourth-order valence-corrected chi connectivity index (χ4v) is 1.78. The number of pyridine rings is 1. The molecule has 0 bridgehead atoms. The minimum Gasteiger partial charge on any atom is -0.330 e. The SMILES string of the molecule is CCc1nnc2cccc(CCCN)n12. The normalized spacial score (nSPS) is 11.1. The Morgan fingerprint density at radius 1 is 1.33 bits per heavy atom. The highest BCUT2D eigenvalue weighted by Gasteiger charge is 2.06. The first-order valence-corrected chi connectivity index (χ1v) is 5.38. The van der Waals surface area contributed by atoms with Crippen LogP contribution in [0.15, 0.2) is 18.2 Å². The number of hydrogen-bond donors (Lipinski definition) is 1. The van der Waals surface area contributed by atoms with Gasteiger partial charge < -0.3 is 5.73 Å². The van der Waals surface area contributed by atoms with Crippen LogP contribution in [0.25, 0.3) is 5.65 Å². The maximum absolute atomic E-state index is 5.53. The molecule has 0 amide bonds. The van der Waals surface area contributed by atoms with Gasteiger partial charge in [-0.15, -0.1) is 10.2 Å². The molecule has 4 nitrogen and oxygen atoms in total. The summed E-state index contributed by atoms with van der Waals surface area (Å²) in [5.41, 5.74) is 7.71. The standard InChI is InChI=1S/C11H16N4/c1-2-10-13-14-11-7-3-5-9(15(10)11)6-4-8-12/h3,5,7H,2,4,6,8,12H2,1H3. The quantitative estimate of drug-likeness (QED) is 0.813. The first-order chi connectivity index (χ1) is 7.36. The summed E-state index contributed by atoms with van der Waals surface area (Å²) in [6, 6.07) is 6.12. The molecule has 80 valence electrons. The first-order valence-electron chi connectivity index (χ1n) is 5.38. The van der Waals surface area contributed by atoms with Crippen molar-refractivity contribution in [3.63, 3.8) is 0 Å². The van der Waals surface area contributed by atoms with E-state index in [1.54, 1.807) is 0 Å². The highest BCUT2D eigenvalue weighted by molar-refractivity contribution is 5.39. The van der Waals surface area contributed by atoms with Crippen LogP contribution in [0.5, 0.6) is 0 Å². The van der Waals surface area contributed by atoms with Crippen LogP contribution in [-0.4, -0.2) is 21.1 Å². The van der Waals surface area contributed by atoms with E-state index < -0.39 is 0 Å². The van der Waals surface area contributed by atoms with Gasteiger partial charge in [0.15, 0.2) is 5.65 Å². The lowest BCUT2D eigenvalue weighted by atomic mass is 10.2. The molecular weight excluding hydrogens is 188 g/mol. The molecule has 15 heavy (non-hydrogen) atoms. The lowest BCUT2D eigenvalue weighted by Crippen LogP contribution is -2.05. The number of rotatable bonds is 4. The maximum atomic E-state index is 5.53. The molecule has 0 saturated heterocycles. The summed E-state index contributed by atoms with van der Waals surface area (Å²) in [5, 5.41) is 8.30. The van der Waals surface area contributed by atoms with Crippen LogP contribution in [0.1, 0.15) is 24.9 Å². The van der Waals surface area contributed by atoms with Crippen LogP contribution in [0.3, 0.4) is 0 Å². The molecule has 0 atom stereocenters. The summed E-state index contributed by atoms with van der Waals surface area (Å²) in [6.45, 7) is 2.82. The molecule has 0 aliphatic heterocycles. The molecule has 0 saturated carbocycles. The fourth-order valence-electron chi connectivity index (χ4n) is 1.78. The zero-order valence-corrected chi connectivity index (χ0v) is 8.98. The maximum Gasteiger partial charge on any atom is 0.160 e. The van der Waals surface area contributed by atoms with E-state index in [-0.39, 0.29) is 0 Å². The molecule has 2 N–H and O–H groups in total. The van der Waals surface area contributed by atoms with E-state index in [0.717, 1.165) is 37.3 Å². The van der Waals surface area contributed by atoms with Crippen LogP contribution >= 0.6 is 0 Å². The molecule has 2 aromatic rings. The van der Waals surface area contributed by atoms with Gasteiger partial charge in [0, 0.05) is 12.1 Å². The molecule has 0 aliphatic rings. The largest absolute Gasteiger partial charge is 0.330 e. The van der Waals surface area contributed by atoms with Crippen molar-refractivity contribution in [1.82, 2.24) is 14.6 Å². The average Bonchev–Trinajstić information content (AvgIpc) is 2.69. The number of nitrogens with two attached hydrogens (primary N) is 1. The van der Waals surface area contributed by atoms with Gasteiger partial charge >= 0.3 is 0 Å². The Morgan fingerprint density at radius 2 is 2.20 bits per heavy atom. The zero-order valence-electron chi connectivity index (χ0n) is 8.98. The van der Waals surface area contributed by atoms with Crippen LogP contribution in [0.4, 0.5) is 0 Å². The predicted molar refractivity (Wildman–Crippen MR) is 59.7 cm³/mol. The number of nitrogens with zero attached hydrogens (tertiary/aromatic N) is 3. The topological polar surface area (TPSA) is 56.2 Å². The predicted octanol–water partition coefficient (Wildman–Crippen LogP) is 1.18. The fraction of sp³-hybridized carbons (Fsp3) is 0.455. The van der Waals surface area contributed by atoms with Gasteiger partial charge in [0.25, 0.3) is 0 Å². The van der Waals surface area contributed by atoms with Gasteiger partial charge in [0.1, 0.15) is 5.82 Å². The van der Waals surface area contributed by atoms with E-state index >= 15 is 0 Å². The van der Waals surface area contributed by atoms with Crippen molar-refractivity contribution in [2.75, 3.05) is 6.54 Å². The Hall–Kier alpha value is -1.42. The molecule has 4 heteroatoms. The van der Waals surface area contributed by atoms with Crippen molar-refractivity contribution in [3.05, 3.63) is 29.7 Å². The van der Waals surface area contributed by atoms with Gasteiger partial charge in [-0.25, -0.2) is 0 Å². The first kappa shape index (κ1) is 10.1. The molecule has 0 fully saturated rings. The van der Waals surface area contributed by atoms with E-state index in [1.165, 1.54) is 5.69 Å². The number of fused-ring (bicyclic) bond motifs is 1. The van der Waals surface area contributed by atoms with Crippen LogP contribution < -0.4 is 5.73 Å². The van der Waals surface area contributed by atoms with E-state index in [9.17, 15) is 0 Å². The third-order valence-corrected chi connectivity index (χ3v) is 2.53. The van der Waals surface area contributed by atoms with E-state index in [1.807, 2.05) is 12.1 Å². The second-order valence-electron chi connectivity index (χ2n) is 3.57. The van der Waals surface area contributed by atoms with Gasteiger partial charge in [-0.05, 0) is 31.5 Å². The van der Waals surface area contributed by atoms with Crippen molar-refractivity contribution < 1.29 is 0 Å². The van der Waals surface area contributed by atoms with Crippen molar-refractivity contribution >= 4 is 5.65 Å². The van der Waals surface area contributed by atoms with Crippen molar-refractivity contribution in [2.45, 2.75) is 26.2 Å². The van der Waals surface area contributed by atoms with Gasteiger partial charge in [-0.3, -0.25) is 4.40 Å². The molecular formula is C11H16N4. The van der Waals surface area contributed by atoms with E-state index in [4.69, 9.17) is 5.73 Å². The lowest BCUT2D eigenvalue weighted by Gasteiger charge is -2.05. The number of aromatic nitrogens is 3. The summed E-state index contributed by atoms with van der Waals surface area (Å²) >= 11 is 0. The Kier molecular flexibility index (Phi) is 2.97. The molecule has 0 spiro atoms. The highest BCUT2D eigenvalue weighted by atomic mass is 15.2. The van der Waals surface area contributed by atoms with Gasteiger partial charge in [-0.2, -0.15) is 0 Å². The summed E-state index contributed by atoms with van der Waals surface area (Å²) < 4.78 is 2.13. The summed E-state index contributed by atoms with van der Waals surface area (Å²) in [5.74, 6) is 1.03. The van der Waals surface area contributed by atoms with Crippen LogP contribution in [0.2, 0.25) is 0 Å². The lowest BCUT2D eigenvalue weighted by molar-refractivity contribution is 0.779. The highest BCUT2D eigenvalue weighted by Crippen LogP contribution is 2.10. The summed E-state index contributed by atoms with van der Waals surface area (Å²) in [7, 11) is 0. The van der Waals surface area contributed by atoms with E-state index in [2.05, 4.69) is 27.6 Å². The minimum absolute atomic E-state index is 0.722. The van der Waals surface area contributed by atoms with Crippen molar-refractivity contribution in [2.24, 2.45) is 5.73 Å². The Labute approximate surface area is 89.1 Å². The van der Waals surface area contributed by atoms with E-state index in [0.29, 0.717) is 0 Å². The van der Waals surface area contributed by atoms with Gasteiger partial charge in [0.2, 0.25) is 0 Å². The van der Waals surface area contributed by atoms with Gasteiger partial charge in [-0.1, -0.05) is 13.0 Å². The molecule has 2 rings (SSSR count). The average molecular weight is 204 g/mol. The molecule has 0 unspecified atom stereocenters. The summed E-state index contributed by atoms with van der Waals surface area (Å²) in [6.07, 6.45) is 2.89. The third kappa shape index (κ3) is 1.85. The van der Waals surface area contributed by atoms with Crippen molar-refractivity contribution in [3.8, 4) is 0 Å². The monoisotopic (exact) mass is 204 g/mol. The molecule has 0 aromatic carbocycles. The second kappa shape index (κ2) is 4.40. The summed E-state index contributed by atoms with van der Waals surface area (Å²) in [4.78, 5) is 0. The molecule has 0 radical (unpaired) electrons. The minimum atomic E-state index is 0.722. The second-order valence-corrected chi connectivity index (χ2v) is 3.57. The zero-order chi connectivity index (χ0) is 10.7. The van der Waals surface area contributed by atoms with Gasteiger partial charge in [0.05, 0.1) is 0 Å². The molecule has 0 aliphatic carbocycles. The Morgan fingerprint density at radius 3 is 2.93 bits per heavy atom. The van der Waals surface area contributed by atoms with Crippen molar-refractivity contribution in [1.29, 1.82) is 0 Å². The number of aryl methyl sites for hydroxylation is 2. The molecule has 2 aromatic heterocycles. The van der Waals surface area contributed by atoms with Crippen LogP contribution in [-0.2, 0) is 12.8 Å². The third-order valence-electron chi connectivity index (χ3n) is 2.53. The van der Waals surface area contributed by atoms with Crippen LogP contribution in [0, 0.1) is 0 Å². The Balaban J connectivity index is 2.47. The number of hydrogen-bond acceptors (Lipinski definition) is 3. The smallest absolute Gasteiger partial charge is 0.160 e. The molecule has 2 heterocycles.